The van der Waals surface area contributed by atoms with Crippen molar-refractivity contribution in [2.45, 2.75) is 69.5 Å². The standard InChI is InChI=1S/C31H33ClF3N5O6/c1-30(2,3)46-29(43)38-25-12-21(16-45-26(25)23-11-19(33)4-5-24(23)35)40-15-22(14-37-40)39-7-6-31(44,28(39)42)27(41)36-13-17-8-18(32)10-20(34)9-17/h4-5,8-11,14-15,21,25-26,44H,6-7,12-13,16H2,1-3H3,(H,36,41)(H,38,43)/t21-,25+,26-,31+/m1/s1. The van der Waals surface area contributed by atoms with Crippen LogP contribution in [0.1, 0.15) is 56.9 Å². The van der Waals surface area contributed by atoms with Gasteiger partial charge in [-0.15, -0.1) is 0 Å². The highest BCUT2D eigenvalue weighted by molar-refractivity contribution is 6.30. The molecule has 0 saturated carbocycles. The molecule has 2 aliphatic heterocycles. The Hall–Kier alpha value is -4.14. The molecule has 1 aromatic heterocycles. The van der Waals surface area contributed by atoms with Gasteiger partial charge in [0.25, 0.3) is 11.8 Å². The Bertz CT molecular complexity index is 1630. The fraction of sp³-hybridized carbons (Fsp3) is 0.419. The number of carbonyl (C=O) groups excluding carboxylic acids is 3. The van der Waals surface area contributed by atoms with Gasteiger partial charge >= 0.3 is 6.09 Å². The maximum atomic E-state index is 14.7. The summed E-state index contributed by atoms with van der Waals surface area (Å²) in [7, 11) is 0. The van der Waals surface area contributed by atoms with Gasteiger partial charge < -0.3 is 30.1 Å². The number of rotatable bonds is 7. The Morgan fingerprint density at radius 3 is 2.65 bits per heavy atom. The number of alkyl carbamates (subject to hydrolysis) is 1. The summed E-state index contributed by atoms with van der Waals surface area (Å²) >= 11 is 5.86. The van der Waals surface area contributed by atoms with Gasteiger partial charge in [0.2, 0.25) is 5.60 Å². The normalized spacial score (nSPS) is 23.3. The number of nitrogens with zero attached hydrogens (tertiary/aromatic N) is 3. The molecule has 4 atom stereocenters. The third kappa shape index (κ3) is 7.29. The minimum atomic E-state index is -2.36. The van der Waals surface area contributed by atoms with Crippen molar-refractivity contribution in [2.75, 3.05) is 18.1 Å². The molecule has 3 aromatic rings. The molecule has 2 fully saturated rings. The first-order valence-corrected chi connectivity index (χ1v) is 14.9. The van der Waals surface area contributed by atoms with Crippen molar-refractivity contribution in [3.05, 3.63) is 82.4 Å². The highest BCUT2D eigenvalue weighted by atomic mass is 35.5. The number of aliphatic hydroxyl groups is 1. The molecule has 0 radical (unpaired) electrons. The van der Waals surface area contributed by atoms with Crippen LogP contribution in [0.3, 0.4) is 0 Å². The van der Waals surface area contributed by atoms with Crippen molar-refractivity contribution >= 4 is 35.2 Å². The first-order valence-electron chi connectivity index (χ1n) is 14.5. The van der Waals surface area contributed by atoms with Crippen molar-refractivity contribution in [1.82, 2.24) is 20.4 Å². The lowest BCUT2D eigenvalue weighted by atomic mass is 9.93. The van der Waals surface area contributed by atoms with E-state index in [0.29, 0.717) is 11.3 Å². The second kappa shape index (κ2) is 12.9. The van der Waals surface area contributed by atoms with Crippen LogP contribution in [-0.2, 0) is 25.6 Å². The summed E-state index contributed by atoms with van der Waals surface area (Å²) in [5.74, 6) is -3.78. The molecule has 2 aromatic carbocycles. The highest BCUT2D eigenvalue weighted by Gasteiger charge is 2.52. The molecule has 0 aliphatic carbocycles. The van der Waals surface area contributed by atoms with Crippen molar-refractivity contribution in [3.63, 3.8) is 0 Å². The molecule has 0 spiro atoms. The summed E-state index contributed by atoms with van der Waals surface area (Å²) in [5.41, 5.74) is -2.61. The zero-order chi connectivity index (χ0) is 33.4. The van der Waals surface area contributed by atoms with Crippen LogP contribution in [0.2, 0.25) is 5.02 Å². The number of nitrogens with one attached hydrogen (secondary N) is 2. The number of hydrogen-bond donors (Lipinski definition) is 3. The molecule has 2 saturated heterocycles. The zero-order valence-corrected chi connectivity index (χ0v) is 26.0. The second-order valence-electron chi connectivity index (χ2n) is 12.3. The number of ether oxygens (including phenoxy) is 2. The van der Waals surface area contributed by atoms with Crippen LogP contribution >= 0.6 is 11.6 Å². The SMILES string of the molecule is CC(C)(C)OC(=O)N[C@H]1C[C@@H](n2cc(N3CC[C@](O)(C(=O)NCc4cc(F)cc(Cl)c4)C3=O)cn2)CO[C@@H]1c1cc(F)ccc1F. The van der Waals surface area contributed by atoms with E-state index >= 15 is 0 Å². The Balaban J connectivity index is 1.29. The maximum Gasteiger partial charge on any atom is 0.407 e. The number of hydrogen-bond acceptors (Lipinski definition) is 7. The van der Waals surface area contributed by atoms with Crippen LogP contribution in [-0.4, -0.2) is 63.2 Å². The molecule has 2 aliphatic rings. The van der Waals surface area contributed by atoms with E-state index in [1.807, 2.05) is 0 Å². The third-order valence-electron chi connectivity index (χ3n) is 7.65. The van der Waals surface area contributed by atoms with E-state index in [-0.39, 0.29) is 43.1 Å². The third-order valence-corrected chi connectivity index (χ3v) is 7.87. The van der Waals surface area contributed by atoms with E-state index in [1.165, 1.54) is 34.1 Å². The van der Waals surface area contributed by atoms with Crippen LogP contribution in [0.25, 0.3) is 0 Å². The van der Waals surface area contributed by atoms with E-state index in [2.05, 4.69) is 15.7 Å². The van der Waals surface area contributed by atoms with Gasteiger partial charge in [-0.2, -0.15) is 5.10 Å². The Kier molecular flexibility index (Phi) is 9.34. The topological polar surface area (TPSA) is 135 Å². The lowest BCUT2D eigenvalue weighted by Gasteiger charge is -2.37. The number of anilines is 1. The van der Waals surface area contributed by atoms with Crippen molar-refractivity contribution in [2.24, 2.45) is 0 Å². The second-order valence-corrected chi connectivity index (χ2v) is 12.7. The van der Waals surface area contributed by atoms with Crippen LogP contribution in [0.4, 0.5) is 23.7 Å². The summed E-state index contributed by atoms with van der Waals surface area (Å²) in [6.45, 7) is 4.90. The number of halogens is 4. The van der Waals surface area contributed by atoms with E-state index < -0.39 is 64.7 Å². The molecular weight excluding hydrogens is 631 g/mol. The molecule has 11 nitrogen and oxygen atoms in total. The van der Waals surface area contributed by atoms with Crippen molar-refractivity contribution in [1.29, 1.82) is 0 Å². The van der Waals surface area contributed by atoms with Gasteiger partial charge in [-0.05, 0) is 69.2 Å². The number of aromatic nitrogens is 2. The van der Waals surface area contributed by atoms with E-state index in [4.69, 9.17) is 21.1 Å². The lowest BCUT2D eigenvalue weighted by Crippen LogP contribution is -2.52. The van der Waals surface area contributed by atoms with E-state index in [9.17, 15) is 32.7 Å². The fourth-order valence-corrected chi connectivity index (χ4v) is 5.75. The van der Waals surface area contributed by atoms with Crippen LogP contribution < -0.4 is 15.5 Å². The minimum Gasteiger partial charge on any atom is -0.444 e. The molecule has 0 unspecified atom stereocenters. The summed E-state index contributed by atoms with van der Waals surface area (Å²) in [6, 6.07) is 5.34. The van der Waals surface area contributed by atoms with Crippen molar-refractivity contribution < 1.29 is 42.1 Å². The molecule has 3 heterocycles. The van der Waals surface area contributed by atoms with Gasteiger partial charge in [-0.25, -0.2) is 18.0 Å². The van der Waals surface area contributed by atoms with E-state index in [0.717, 1.165) is 24.3 Å². The van der Waals surface area contributed by atoms with Crippen LogP contribution in [0.5, 0.6) is 0 Å². The molecule has 3 N–H and O–H groups in total. The Morgan fingerprint density at radius 2 is 1.93 bits per heavy atom. The van der Waals surface area contributed by atoms with Gasteiger partial charge in [0.05, 0.1) is 30.6 Å². The zero-order valence-electron chi connectivity index (χ0n) is 25.2. The molecule has 46 heavy (non-hydrogen) atoms. The van der Waals surface area contributed by atoms with Crippen LogP contribution in [0, 0.1) is 17.5 Å². The summed E-state index contributed by atoms with van der Waals surface area (Å²) in [5, 5.41) is 20.7. The summed E-state index contributed by atoms with van der Waals surface area (Å²) in [6.07, 6.45) is 1.06. The van der Waals surface area contributed by atoms with Gasteiger partial charge in [0, 0.05) is 36.3 Å². The smallest absolute Gasteiger partial charge is 0.407 e. The molecule has 5 rings (SSSR count). The molecule has 0 bridgehead atoms. The highest BCUT2D eigenvalue weighted by Crippen LogP contribution is 2.36. The lowest BCUT2D eigenvalue weighted by molar-refractivity contribution is -0.149. The minimum absolute atomic E-state index is 0.00136. The van der Waals surface area contributed by atoms with E-state index in [1.54, 1.807) is 20.8 Å². The monoisotopic (exact) mass is 663 g/mol. The van der Waals surface area contributed by atoms with Gasteiger partial charge in [0.1, 0.15) is 29.2 Å². The first kappa shape index (κ1) is 33.2. The summed E-state index contributed by atoms with van der Waals surface area (Å²) < 4.78 is 55.3. The predicted octanol–water partition coefficient (Wildman–Crippen LogP) is 4.33. The first-order chi connectivity index (χ1) is 21.6. The quantitative estimate of drug-likeness (QED) is 0.320. The molecule has 3 amide bonds. The Morgan fingerprint density at radius 1 is 1.17 bits per heavy atom. The molecular formula is C31H33ClF3N5O6. The average Bonchev–Trinajstić information content (AvgIpc) is 3.57. The fourth-order valence-electron chi connectivity index (χ4n) is 5.50. The average molecular weight is 664 g/mol. The predicted molar refractivity (Wildman–Crippen MR) is 159 cm³/mol. The number of amides is 3. The molecule has 15 heteroatoms. The van der Waals surface area contributed by atoms with Gasteiger partial charge in [-0.1, -0.05) is 11.6 Å². The summed E-state index contributed by atoms with van der Waals surface area (Å²) in [4.78, 5) is 40.1. The van der Waals surface area contributed by atoms with Gasteiger partial charge in [-0.3, -0.25) is 14.3 Å². The van der Waals surface area contributed by atoms with Crippen molar-refractivity contribution in [3.8, 4) is 0 Å². The largest absolute Gasteiger partial charge is 0.444 e. The number of carbonyl (C=O) groups is 3. The van der Waals surface area contributed by atoms with Gasteiger partial charge in [0.15, 0.2) is 0 Å². The maximum absolute atomic E-state index is 14.7. The Labute approximate surface area is 267 Å². The van der Waals surface area contributed by atoms with Crippen LogP contribution in [0.15, 0.2) is 48.8 Å². The molecule has 246 valence electrons. The number of benzene rings is 2.